The molecule has 0 saturated carbocycles. The summed E-state index contributed by atoms with van der Waals surface area (Å²) >= 11 is 7.56. The lowest BCUT2D eigenvalue weighted by Gasteiger charge is -2.30. The highest BCUT2D eigenvalue weighted by Gasteiger charge is 2.34. The van der Waals surface area contributed by atoms with E-state index < -0.39 is 10.0 Å². The minimum absolute atomic E-state index is 0.116. The van der Waals surface area contributed by atoms with Crippen molar-refractivity contribution >= 4 is 33.0 Å². The van der Waals surface area contributed by atoms with Gasteiger partial charge in [-0.2, -0.15) is 9.29 Å². The van der Waals surface area contributed by atoms with Gasteiger partial charge in [0.25, 0.3) is 0 Å². The summed E-state index contributed by atoms with van der Waals surface area (Å²) in [4.78, 5) is 5.67. The number of aromatic nitrogens is 2. The number of benzene rings is 1. The molecule has 2 aromatic heterocycles. The van der Waals surface area contributed by atoms with Gasteiger partial charge in [-0.1, -0.05) is 28.9 Å². The van der Waals surface area contributed by atoms with Crippen LogP contribution in [0.4, 0.5) is 0 Å². The van der Waals surface area contributed by atoms with E-state index in [0.717, 1.165) is 17.7 Å². The zero-order chi connectivity index (χ0) is 19.0. The number of halogens is 1. The Bertz CT molecular complexity index is 1050. The van der Waals surface area contributed by atoms with Crippen LogP contribution in [-0.4, -0.2) is 36.0 Å². The summed E-state index contributed by atoms with van der Waals surface area (Å²) < 4.78 is 33.2. The summed E-state index contributed by atoms with van der Waals surface area (Å²) in [5, 5.41) is 6.40. The Balaban J connectivity index is 1.59. The molecule has 1 saturated heterocycles. The molecule has 0 spiro atoms. The second-order valence-electron chi connectivity index (χ2n) is 6.55. The predicted octanol–water partition coefficient (Wildman–Crippen LogP) is 4.33. The molecule has 27 heavy (non-hydrogen) atoms. The Morgan fingerprint density at radius 2 is 2.19 bits per heavy atom. The lowest BCUT2D eigenvalue weighted by molar-refractivity contribution is 0.265. The van der Waals surface area contributed by atoms with Gasteiger partial charge in [-0.05, 0) is 48.9 Å². The maximum Gasteiger partial charge on any atom is 0.243 e. The van der Waals surface area contributed by atoms with Crippen molar-refractivity contribution in [1.82, 2.24) is 14.4 Å². The van der Waals surface area contributed by atoms with Gasteiger partial charge in [0.15, 0.2) is 0 Å². The fourth-order valence-electron chi connectivity index (χ4n) is 3.26. The van der Waals surface area contributed by atoms with E-state index in [2.05, 4.69) is 10.1 Å². The van der Waals surface area contributed by atoms with Gasteiger partial charge in [0.1, 0.15) is 0 Å². The van der Waals surface area contributed by atoms with Crippen molar-refractivity contribution in [2.45, 2.75) is 30.6 Å². The van der Waals surface area contributed by atoms with E-state index in [-0.39, 0.29) is 10.8 Å². The molecule has 1 fully saturated rings. The first-order chi connectivity index (χ1) is 12.9. The fourth-order valence-corrected chi connectivity index (χ4v) is 5.92. The molecule has 1 aliphatic rings. The summed E-state index contributed by atoms with van der Waals surface area (Å²) in [5.74, 6) is 0.918. The molecule has 1 atom stereocenters. The first-order valence-electron chi connectivity index (χ1n) is 8.59. The Morgan fingerprint density at radius 1 is 1.33 bits per heavy atom. The maximum absolute atomic E-state index is 13.1. The molecule has 4 rings (SSSR count). The van der Waals surface area contributed by atoms with Crippen molar-refractivity contribution in [3.63, 3.8) is 0 Å². The Morgan fingerprint density at radius 3 is 2.96 bits per heavy atom. The van der Waals surface area contributed by atoms with Gasteiger partial charge in [0.2, 0.25) is 21.7 Å². The normalized spacial score (nSPS) is 18.7. The molecule has 3 aromatic rings. The average Bonchev–Trinajstić information content (AvgIpc) is 3.35. The van der Waals surface area contributed by atoms with Crippen LogP contribution in [0.15, 0.2) is 45.1 Å². The minimum Gasteiger partial charge on any atom is -0.339 e. The summed E-state index contributed by atoms with van der Waals surface area (Å²) in [7, 11) is -3.63. The van der Waals surface area contributed by atoms with E-state index in [1.165, 1.54) is 21.7 Å². The van der Waals surface area contributed by atoms with E-state index in [1.807, 2.05) is 17.5 Å². The minimum atomic E-state index is -3.63. The Hall–Kier alpha value is -1.74. The first kappa shape index (κ1) is 18.6. The molecule has 1 aliphatic heterocycles. The number of thiophene rings is 1. The van der Waals surface area contributed by atoms with Crippen LogP contribution >= 0.6 is 22.9 Å². The van der Waals surface area contributed by atoms with Crippen LogP contribution in [0, 0.1) is 6.92 Å². The molecule has 9 heteroatoms. The van der Waals surface area contributed by atoms with E-state index in [4.69, 9.17) is 16.1 Å². The second-order valence-corrected chi connectivity index (χ2v) is 9.84. The molecular formula is C18H18ClN3O3S2. The summed E-state index contributed by atoms with van der Waals surface area (Å²) in [5.41, 5.74) is 0.680. The molecule has 0 unspecified atom stereocenters. The highest BCUT2D eigenvalue weighted by Crippen LogP contribution is 2.32. The smallest absolute Gasteiger partial charge is 0.243 e. The van der Waals surface area contributed by atoms with Crippen molar-refractivity contribution < 1.29 is 12.9 Å². The number of nitrogens with zero attached hydrogens (tertiary/aromatic N) is 3. The quantitative estimate of drug-likeness (QED) is 0.624. The lowest BCUT2D eigenvalue weighted by atomic mass is 10.00. The summed E-state index contributed by atoms with van der Waals surface area (Å²) in [6, 6.07) is 8.79. The molecule has 0 bridgehead atoms. The van der Waals surface area contributed by atoms with Gasteiger partial charge in [0, 0.05) is 18.1 Å². The first-order valence-corrected chi connectivity index (χ1v) is 11.3. The zero-order valence-corrected chi connectivity index (χ0v) is 17.0. The van der Waals surface area contributed by atoms with Gasteiger partial charge >= 0.3 is 0 Å². The zero-order valence-electron chi connectivity index (χ0n) is 14.6. The van der Waals surface area contributed by atoms with Gasteiger partial charge in [-0.15, -0.1) is 11.3 Å². The number of piperidine rings is 1. The number of aryl methyl sites for hydroxylation is 1. The number of hydrogen-bond acceptors (Lipinski definition) is 6. The van der Waals surface area contributed by atoms with Crippen LogP contribution < -0.4 is 0 Å². The van der Waals surface area contributed by atoms with Crippen molar-refractivity contribution in [1.29, 1.82) is 0 Å². The number of sulfonamides is 1. The standard InChI is InChI=1S/C18H18ClN3O3S2/c1-12-6-7-14(19)10-16(12)27(23,24)22-8-2-4-13(11-22)18-20-17(21-25-18)15-5-3-9-26-15/h3,5-7,9-10,13H,2,4,8,11H2,1H3/t13-/m0/s1. The van der Waals surface area contributed by atoms with Crippen molar-refractivity contribution in [3.05, 3.63) is 52.2 Å². The molecule has 6 nitrogen and oxygen atoms in total. The topological polar surface area (TPSA) is 76.3 Å². The molecule has 0 radical (unpaired) electrons. The molecule has 3 heterocycles. The van der Waals surface area contributed by atoms with Crippen molar-refractivity contribution in [3.8, 4) is 10.7 Å². The molecule has 0 N–H and O–H groups in total. The van der Waals surface area contributed by atoms with Crippen molar-refractivity contribution in [2.75, 3.05) is 13.1 Å². The van der Waals surface area contributed by atoms with Gasteiger partial charge in [-0.25, -0.2) is 8.42 Å². The van der Waals surface area contributed by atoms with Crippen LogP contribution in [0.1, 0.15) is 30.2 Å². The van der Waals surface area contributed by atoms with Crippen LogP contribution in [0.2, 0.25) is 5.02 Å². The fraction of sp³-hybridized carbons (Fsp3) is 0.333. The number of hydrogen-bond donors (Lipinski definition) is 0. The molecule has 0 amide bonds. The van der Waals surface area contributed by atoms with E-state index in [0.29, 0.717) is 35.4 Å². The lowest BCUT2D eigenvalue weighted by Crippen LogP contribution is -2.39. The molecular weight excluding hydrogens is 406 g/mol. The SMILES string of the molecule is Cc1ccc(Cl)cc1S(=O)(=O)N1CCC[C@H](c2nc(-c3cccs3)no2)C1. The Labute approximate surface area is 166 Å². The van der Waals surface area contributed by atoms with Crippen molar-refractivity contribution in [2.24, 2.45) is 0 Å². The molecule has 1 aromatic carbocycles. The largest absolute Gasteiger partial charge is 0.339 e. The van der Waals surface area contributed by atoms with E-state index >= 15 is 0 Å². The van der Waals surface area contributed by atoms with Gasteiger partial charge in [-0.3, -0.25) is 0 Å². The second kappa shape index (κ2) is 7.35. The van der Waals surface area contributed by atoms with Crippen LogP contribution in [0.5, 0.6) is 0 Å². The summed E-state index contributed by atoms with van der Waals surface area (Å²) in [6.45, 7) is 2.56. The highest BCUT2D eigenvalue weighted by atomic mass is 35.5. The third kappa shape index (κ3) is 3.67. The van der Waals surface area contributed by atoms with Crippen LogP contribution in [0.3, 0.4) is 0 Å². The highest BCUT2D eigenvalue weighted by molar-refractivity contribution is 7.89. The van der Waals surface area contributed by atoms with Crippen LogP contribution in [0.25, 0.3) is 10.7 Å². The number of rotatable bonds is 4. The maximum atomic E-state index is 13.1. The Kier molecular flexibility index (Phi) is 5.07. The van der Waals surface area contributed by atoms with Gasteiger partial charge in [0.05, 0.1) is 15.7 Å². The monoisotopic (exact) mass is 423 g/mol. The third-order valence-electron chi connectivity index (χ3n) is 4.68. The third-order valence-corrected chi connectivity index (χ3v) is 7.79. The van der Waals surface area contributed by atoms with E-state index in [1.54, 1.807) is 19.1 Å². The predicted molar refractivity (Wildman–Crippen MR) is 105 cm³/mol. The van der Waals surface area contributed by atoms with Gasteiger partial charge < -0.3 is 4.52 Å². The molecule has 142 valence electrons. The van der Waals surface area contributed by atoms with E-state index in [9.17, 15) is 8.42 Å². The average molecular weight is 424 g/mol. The molecule has 0 aliphatic carbocycles. The van der Waals surface area contributed by atoms with Crippen LogP contribution in [-0.2, 0) is 10.0 Å². The summed E-state index contributed by atoms with van der Waals surface area (Å²) in [6.07, 6.45) is 1.55.